The summed E-state index contributed by atoms with van der Waals surface area (Å²) in [4.78, 5) is 0. The van der Waals surface area contributed by atoms with Gasteiger partial charge in [0.1, 0.15) is 11.9 Å². The van der Waals surface area contributed by atoms with Crippen molar-refractivity contribution in [3.05, 3.63) is 59.7 Å². The quantitative estimate of drug-likeness (QED) is 0.794. The van der Waals surface area contributed by atoms with E-state index < -0.39 is 6.10 Å². The minimum atomic E-state index is -0.730. The molecule has 0 saturated carbocycles. The molecule has 3 nitrogen and oxygen atoms in total. The molecule has 0 aliphatic carbocycles. The van der Waals surface area contributed by atoms with E-state index in [0.717, 1.165) is 11.3 Å². The topological polar surface area (TPSA) is 55.5 Å². The average Bonchev–Trinajstić information content (AvgIpc) is 2.38. The lowest BCUT2D eigenvalue weighted by molar-refractivity contribution is 0.220. The molecule has 0 saturated heterocycles. The molecule has 0 aromatic heterocycles. The summed E-state index contributed by atoms with van der Waals surface area (Å²) in [7, 11) is 1.60. The number of nitrogens with two attached hydrogens (primary N) is 1. The molecule has 0 unspecified atom stereocenters. The molecule has 88 valence electrons. The van der Waals surface area contributed by atoms with Crippen LogP contribution in [0, 0.1) is 0 Å². The Morgan fingerprint density at radius 3 is 2.59 bits per heavy atom. The third-order valence-electron chi connectivity index (χ3n) is 2.70. The smallest absolute Gasteiger partial charge is 0.119 e. The Balaban J connectivity index is 2.37. The van der Waals surface area contributed by atoms with Gasteiger partial charge in [0.05, 0.1) is 7.11 Å². The fourth-order valence-corrected chi connectivity index (χ4v) is 1.75. The van der Waals surface area contributed by atoms with Crippen LogP contribution >= 0.6 is 0 Å². The van der Waals surface area contributed by atoms with E-state index in [1.165, 1.54) is 0 Å². The van der Waals surface area contributed by atoms with E-state index in [1.807, 2.05) is 36.4 Å². The van der Waals surface area contributed by atoms with E-state index in [-0.39, 0.29) is 0 Å². The molecule has 0 radical (unpaired) electrons. The first-order valence-corrected chi connectivity index (χ1v) is 5.39. The molecule has 2 aromatic carbocycles. The summed E-state index contributed by atoms with van der Waals surface area (Å²) < 4.78 is 5.13. The number of hydrogen-bond donors (Lipinski definition) is 2. The number of hydrogen-bond acceptors (Lipinski definition) is 3. The van der Waals surface area contributed by atoms with Crippen molar-refractivity contribution in [1.29, 1.82) is 0 Å². The van der Waals surface area contributed by atoms with Crippen LogP contribution in [-0.4, -0.2) is 12.2 Å². The monoisotopic (exact) mass is 229 g/mol. The second kappa shape index (κ2) is 4.89. The first-order valence-electron chi connectivity index (χ1n) is 5.39. The van der Waals surface area contributed by atoms with Crippen molar-refractivity contribution in [2.24, 2.45) is 0 Å². The zero-order valence-electron chi connectivity index (χ0n) is 9.63. The molecule has 0 aliphatic heterocycles. The van der Waals surface area contributed by atoms with E-state index in [2.05, 4.69) is 0 Å². The van der Waals surface area contributed by atoms with Crippen molar-refractivity contribution in [2.45, 2.75) is 6.10 Å². The van der Waals surface area contributed by atoms with Crippen molar-refractivity contribution < 1.29 is 9.84 Å². The van der Waals surface area contributed by atoms with Gasteiger partial charge < -0.3 is 15.6 Å². The third-order valence-corrected chi connectivity index (χ3v) is 2.70. The van der Waals surface area contributed by atoms with Gasteiger partial charge in [-0.1, -0.05) is 30.3 Å². The molecule has 3 N–H and O–H groups in total. The van der Waals surface area contributed by atoms with Gasteiger partial charge in [-0.2, -0.15) is 0 Å². The van der Waals surface area contributed by atoms with Gasteiger partial charge in [0.2, 0.25) is 0 Å². The molecule has 2 aromatic rings. The lowest BCUT2D eigenvalue weighted by Crippen LogP contribution is -2.03. The minimum Gasteiger partial charge on any atom is -0.497 e. The first kappa shape index (κ1) is 11.5. The van der Waals surface area contributed by atoms with Crippen LogP contribution in [0.1, 0.15) is 17.2 Å². The molecule has 0 heterocycles. The van der Waals surface area contributed by atoms with E-state index >= 15 is 0 Å². The summed E-state index contributed by atoms with van der Waals surface area (Å²) in [5, 5.41) is 10.3. The van der Waals surface area contributed by atoms with Gasteiger partial charge >= 0.3 is 0 Å². The molecule has 0 fully saturated rings. The number of aliphatic hydroxyl groups excluding tert-OH is 1. The Morgan fingerprint density at radius 1 is 1.12 bits per heavy atom. The van der Waals surface area contributed by atoms with Gasteiger partial charge in [0.25, 0.3) is 0 Å². The normalized spacial score (nSPS) is 12.1. The van der Waals surface area contributed by atoms with Crippen molar-refractivity contribution in [1.82, 2.24) is 0 Å². The van der Waals surface area contributed by atoms with Crippen molar-refractivity contribution in [3.8, 4) is 5.75 Å². The van der Waals surface area contributed by atoms with Crippen molar-refractivity contribution in [2.75, 3.05) is 12.8 Å². The highest BCUT2D eigenvalue weighted by molar-refractivity contribution is 5.50. The molecule has 17 heavy (non-hydrogen) atoms. The molecule has 3 heteroatoms. The number of rotatable bonds is 3. The van der Waals surface area contributed by atoms with Crippen LogP contribution in [0.3, 0.4) is 0 Å². The third kappa shape index (κ3) is 2.40. The molecule has 0 aliphatic rings. The van der Waals surface area contributed by atoms with Gasteiger partial charge in [0.15, 0.2) is 0 Å². The number of methoxy groups -OCH3 is 1. The van der Waals surface area contributed by atoms with E-state index in [1.54, 1.807) is 19.2 Å². The average molecular weight is 229 g/mol. The maximum Gasteiger partial charge on any atom is 0.119 e. The van der Waals surface area contributed by atoms with Gasteiger partial charge in [-0.15, -0.1) is 0 Å². The second-order valence-corrected chi connectivity index (χ2v) is 3.81. The number of para-hydroxylation sites is 1. The summed E-state index contributed by atoms with van der Waals surface area (Å²) >= 11 is 0. The Morgan fingerprint density at radius 2 is 1.88 bits per heavy atom. The van der Waals surface area contributed by atoms with Gasteiger partial charge in [-0.3, -0.25) is 0 Å². The van der Waals surface area contributed by atoms with Crippen LogP contribution in [0.15, 0.2) is 48.5 Å². The lowest BCUT2D eigenvalue weighted by Gasteiger charge is -2.14. The summed E-state index contributed by atoms with van der Waals surface area (Å²) in [6, 6.07) is 14.6. The predicted octanol–water partition coefficient (Wildman–Crippen LogP) is 2.36. The summed E-state index contributed by atoms with van der Waals surface area (Å²) in [6.07, 6.45) is -0.730. The highest BCUT2D eigenvalue weighted by Gasteiger charge is 2.13. The molecule has 1 atom stereocenters. The van der Waals surface area contributed by atoms with Crippen LogP contribution in [0.2, 0.25) is 0 Å². The molecular formula is C14H15NO2. The summed E-state index contributed by atoms with van der Waals surface area (Å²) in [6.45, 7) is 0. The molecular weight excluding hydrogens is 214 g/mol. The van der Waals surface area contributed by atoms with Crippen LogP contribution in [0.5, 0.6) is 5.75 Å². The first-order chi connectivity index (χ1) is 8.22. The number of benzene rings is 2. The van der Waals surface area contributed by atoms with E-state index in [4.69, 9.17) is 10.5 Å². The van der Waals surface area contributed by atoms with Crippen LogP contribution in [-0.2, 0) is 0 Å². The zero-order chi connectivity index (χ0) is 12.3. The number of aliphatic hydroxyl groups is 1. The lowest BCUT2D eigenvalue weighted by atomic mass is 10.00. The maximum absolute atomic E-state index is 10.3. The van der Waals surface area contributed by atoms with Crippen molar-refractivity contribution in [3.63, 3.8) is 0 Å². The predicted molar refractivity (Wildman–Crippen MR) is 67.9 cm³/mol. The van der Waals surface area contributed by atoms with Crippen LogP contribution in [0.4, 0.5) is 5.69 Å². The highest BCUT2D eigenvalue weighted by Crippen LogP contribution is 2.28. The largest absolute Gasteiger partial charge is 0.497 e. The van der Waals surface area contributed by atoms with Gasteiger partial charge in [-0.05, 0) is 23.8 Å². The molecule has 2 rings (SSSR count). The standard InChI is InChI=1S/C14H15NO2/c1-17-11-6-4-5-10(9-11)14(16)12-7-2-3-8-13(12)15/h2-9,14,16H,15H2,1H3/t14-/m0/s1. The Hall–Kier alpha value is -2.00. The Bertz CT molecular complexity index is 511. The fourth-order valence-electron chi connectivity index (χ4n) is 1.75. The minimum absolute atomic E-state index is 0.586. The molecule has 0 spiro atoms. The number of nitrogen functional groups attached to an aromatic ring is 1. The van der Waals surface area contributed by atoms with Crippen LogP contribution < -0.4 is 10.5 Å². The summed E-state index contributed by atoms with van der Waals surface area (Å²) in [5.74, 6) is 0.719. The Labute approximate surface area is 100 Å². The second-order valence-electron chi connectivity index (χ2n) is 3.81. The maximum atomic E-state index is 10.3. The molecule has 0 amide bonds. The highest BCUT2D eigenvalue weighted by atomic mass is 16.5. The van der Waals surface area contributed by atoms with Crippen LogP contribution in [0.25, 0.3) is 0 Å². The SMILES string of the molecule is COc1cccc([C@H](O)c2ccccc2N)c1. The Kier molecular flexibility index (Phi) is 3.30. The van der Waals surface area contributed by atoms with Gasteiger partial charge in [0, 0.05) is 11.3 Å². The number of ether oxygens (including phenoxy) is 1. The fraction of sp³-hybridized carbons (Fsp3) is 0.143. The van der Waals surface area contributed by atoms with E-state index in [9.17, 15) is 5.11 Å². The number of anilines is 1. The van der Waals surface area contributed by atoms with E-state index in [0.29, 0.717) is 11.3 Å². The molecule has 0 bridgehead atoms. The zero-order valence-corrected chi connectivity index (χ0v) is 9.63. The van der Waals surface area contributed by atoms with Gasteiger partial charge in [-0.25, -0.2) is 0 Å². The van der Waals surface area contributed by atoms with Crippen molar-refractivity contribution >= 4 is 5.69 Å². The summed E-state index contributed by atoms with van der Waals surface area (Å²) in [5.41, 5.74) is 7.90.